The van der Waals surface area contributed by atoms with Crippen molar-refractivity contribution in [1.29, 1.82) is 0 Å². The largest absolute Gasteiger partial charge is 0.370 e. The van der Waals surface area contributed by atoms with Gasteiger partial charge in [0, 0.05) is 19.0 Å². The molecule has 2 aliphatic rings. The zero-order valence-corrected chi connectivity index (χ0v) is 9.28. The molecule has 0 saturated heterocycles. The number of amides is 1. The molecule has 1 fully saturated rings. The van der Waals surface area contributed by atoms with Crippen LogP contribution >= 0.6 is 0 Å². The van der Waals surface area contributed by atoms with Crippen molar-refractivity contribution in [2.45, 2.75) is 32.2 Å². The van der Waals surface area contributed by atoms with E-state index in [9.17, 15) is 4.79 Å². The van der Waals surface area contributed by atoms with E-state index in [-0.39, 0.29) is 5.91 Å². The molecule has 2 rings (SSSR count). The van der Waals surface area contributed by atoms with Crippen LogP contribution < -0.4 is 11.1 Å². The molecule has 0 aromatic rings. The Hall–Kier alpha value is -0.830. The van der Waals surface area contributed by atoms with Crippen molar-refractivity contribution in [3.8, 4) is 0 Å². The normalized spacial score (nSPS) is 34.6. The summed E-state index contributed by atoms with van der Waals surface area (Å²) < 4.78 is 0. The summed E-state index contributed by atoms with van der Waals surface area (Å²) >= 11 is 0. The summed E-state index contributed by atoms with van der Waals surface area (Å²) in [4.78, 5) is 10.6. The molecule has 0 aliphatic heterocycles. The summed E-state index contributed by atoms with van der Waals surface area (Å²) in [6, 6.07) is 0.504. The molecule has 2 bridgehead atoms. The third-order valence-corrected chi connectivity index (χ3v) is 3.81. The maximum atomic E-state index is 10.6. The standard InChI is InChI=1S/C12H20N2O/c1-8(14-5-4-12(13)15)11-7-9-2-3-10(11)6-9/h2-3,8-11,14H,4-7H2,1H3,(H2,13,15). The predicted molar refractivity (Wildman–Crippen MR) is 60.1 cm³/mol. The smallest absolute Gasteiger partial charge is 0.218 e. The van der Waals surface area contributed by atoms with E-state index >= 15 is 0 Å². The van der Waals surface area contributed by atoms with E-state index in [2.05, 4.69) is 24.4 Å². The number of nitrogens with one attached hydrogen (secondary N) is 1. The molecule has 0 aromatic carbocycles. The Morgan fingerprint density at radius 2 is 2.33 bits per heavy atom. The highest BCUT2D eigenvalue weighted by Gasteiger charge is 2.38. The molecule has 2 aliphatic carbocycles. The first-order valence-corrected chi connectivity index (χ1v) is 5.87. The van der Waals surface area contributed by atoms with Gasteiger partial charge < -0.3 is 11.1 Å². The number of hydrogen-bond donors (Lipinski definition) is 2. The Bertz CT molecular complexity index is 275. The fraction of sp³-hybridized carbons (Fsp3) is 0.750. The Morgan fingerprint density at radius 1 is 1.53 bits per heavy atom. The van der Waals surface area contributed by atoms with E-state index in [1.165, 1.54) is 12.8 Å². The molecule has 84 valence electrons. The average molecular weight is 208 g/mol. The van der Waals surface area contributed by atoms with Gasteiger partial charge in [0.2, 0.25) is 5.91 Å². The molecule has 4 unspecified atom stereocenters. The fourth-order valence-electron chi connectivity index (χ4n) is 2.97. The lowest BCUT2D eigenvalue weighted by Gasteiger charge is -2.26. The second-order valence-electron chi connectivity index (χ2n) is 4.90. The second-order valence-corrected chi connectivity index (χ2v) is 4.90. The molecule has 3 nitrogen and oxygen atoms in total. The van der Waals surface area contributed by atoms with E-state index in [1.807, 2.05) is 0 Å². The third-order valence-electron chi connectivity index (χ3n) is 3.81. The van der Waals surface area contributed by atoms with Crippen LogP contribution in [0.2, 0.25) is 0 Å². The van der Waals surface area contributed by atoms with E-state index < -0.39 is 0 Å². The molecule has 15 heavy (non-hydrogen) atoms. The van der Waals surface area contributed by atoms with Crippen molar-refractivity contribution < 1.29 is 4.79 Å². The van der Waals surface area contributed by atoms with Gasteiger partial charge in [0.15, 0.2) is 0 Å². The molecular formula is C12H20N2O. The number of allylic oxidation sites excluding steroid dienone is 2. The van der Waals surface area contributed by atoms with Crippen molar-refractivity contribution in [3.05, 3.63) is 12.2 Å². The van der Waals surface area contributed by atoms with Gasteiger partial charge >= 0.3 is 0 Å². The van der Waals surface area contributed by atoms with Crippen molar-refractivity contribution in [3.63, 3.8) is 0 Å². The molecule has 1 saturated carbocycles. The van der Waals surface area contributed by atoms with Crippen LogP contribution in [-0.2, 0) is 4.79 Å². The van der Waals surface area contributed by atoms with Gasteiger partial charge in [0.05, 0.1) is 0 Å². The van der Waals surface area contributed by atoms with E-state index in [4.69, 9.17) is 5.73 Å². The summed E-state index contributed by atoms with van der Waals surface area (Å²) in [6.45, 7) is 2.94. The minimum absolute atomic E-state index is 0.220. The van der Waals surface area contributed by atoms with Crippen LogP contribution in [0.15, 0.2) is 12.2 Å². The number of carbonyl (C=O) groups excluding carboxylic acids is 1. The van der Waals surface area contributed by atoms with Gasteiger partial charge in [-0.05, 0) is 37.5 Å². The van der Waals surface area contributed by atoms with Gasteiger partial charge in [-0.2, -0.15) is 0 Å². The number of fused-ring (bicyclic) bond motifs is 2. The average Bonchev–Trinajstić information content (AvgIpc) is 2.77. The van der Waals surface area contributed by atoms with Crippen LogP contribution in [0.3, 0.4) is 0 Å². The van der Waals surface area contributed by atoms with E-state index in [0.29, 0.717) is 19.0 Å². The van der Waals surface area contributed by atoms with Crippen LogP contribution in [0.25, 0.3) is 0 Å². The van der Waals surface area contributed by atoms with Gasteiger partial charge in [-0.25, -0.2) is 0 Å². The molecule has 1 amide bonds. The van der Waals surface area contributed by atoms with Gasteiger partial charge in [-0.1, -0.05) is 12.2 Å². The first-order valence-electron chi connectivity index (χ1n) is 5.87. The zero-order chi connectivity index (χ0) is 10.8. The fourth-order valence-corrected chi connectivity index (χ4v) is 2.97. The molecule has 0 spiro atoms. The Kier molecular flexibility index (Phi) is 3.10. The molecule has 0 radical (unpaired) electrons. The lowest BCUT2D eigenvalue weighted by Crippen LogP contribution is -2.37. The van der Waals surface area contributed by atoms with E-state index in [1.54, 1.807) is 0 Å². The minimum atomic E-state index is -0.220. The Morgan fingerprint density at radius 3 is 2.87 bits per heavy atom. The summed E-state index contributed by atoms with van der Waals surface area (Å²) in [5.74, 6) is 2.13. The topological polar surface area (TPSA) is 55.1 Å². The van der Waals surface area contributed by atoms with Crippen molar-refractivity contribution in [2.75, 3.05) is 6.54 Å². The van der Waals surface area contributed by atoms with Crippen molar-refractivity contribution in [1.82, 2.24) is 5.32 Å². The summed E-state index contributed by atoms with van der Waals surface area (Å²) in [6.07, 6.45) is 7.82. The quantitative estimate of drug-likeness (QED) is 0.664. The first kappa shape index (κ1) is 10.7. The maximum Gasteiger partial charge on any atom is 0.218 e. The summed E-state index contributed by atoms with van der Waals surface area (Å²) in [5.41, 5.74) is 5.10. The van der Waals surface area contributed by atoms with Crippen LogP contribution in [0.4, 0.5) is 0 Å². The van der Waals surface area contributed by atoms with E-state index in [0.717, 1.165) is 17.8 Å². The third kappa shape index (κ3) is 2.40. The highest BCUT2D eigenvalue weighted by atomic mass is 16.1. The highest BCUT2D eigenvalue weighted by Crippen LogP contribution is 2.44. The van der Waals surface area contributed by atoms with Gasteiger partial charge in [0.1, 0.15) is 0 Å². The predicted octanol–water partition coefficient (Wildman–Crippen LogP) is 1.05. The molecule has 3 N–H and O–H groups in total. The first-order chi connectivity index (χ1) is 7.16. The number of nitrogens with two attached hydrogens (primary N) is 1. The summed E-state index contributed by atoms with van der Waals surface area (Å²) in [5, 5.41) is 3.41. The number of rotatable bonds is 5. The molecule has 4 atom stereocenters. The van der Waals surface area contributed by atoms with Gasteiger partial charge in [0.25, 0.3) is 0 Å². The number of carbonyl (C=O) groups is 1. The SMILES string of the molecule is CC(NCCC(N)=O)C1CC2C=CC1C2. The van der Waals surface area contributed by atoms with Gasteiger partial charge in [-0.15, -0.1) is 0 Å². The maximum absolute atomic E-state index is 10.6. The molecule has 0 aromatic heterocycles. The minimum Gasteiger partial charge on any atom is -0.370 e. The highest BCUT2D eigenvalue weighted by molar-refractivity contribution is 5.73. The van der Waals surface area contributed by atoms with Crippen LogP contribution in [-0.4, -0.2) is 18.5 Å². The lowest BCUT2D eigenvalue weighted by molar-refractivity contribution is -0.117. The van der Waals surface area contributed by atoms with Crippen LogP contribution in [0, 0.1) is 17.8 Å². The zero-order valence-electron chi connectivity index (χ0n) is 9.28. The summed E-state index contributed by atoms with van der Waals surface area (Å²) in [7, 11) is 0. The Balaban J connectivity index is 1.74. The monoisotopic (exact) mass is 208 g/mol. The lowest BCUT2D eigenvalue weighted by atomic mass is 9.87. The second kappa shape index (κ2) is 4.35. The van der Waals surface area contributed by atoms with Gasteiger partial charge in [-0.3, -0.25) is 4.79 Å². The number of hydrogen-bond acceptors (Lipinski definition) is 2. The molecule has 3 heteroatoms. The molecule has 0 heterocycles. The van der Waals surface area contributed by atoms with Crippen molar-refractivity contribution >= 4 is 5.91 Å². The van der Waals surface area contributed by atoms with Crippen LogP contribution in [0.1, 0.15) is 26.2 Å². The molecular weight excluding hydrogens is 188 g/mol. The Labute approximate surface area is 91.1 Å². The number of primary amides is 1. The van der Waals surface area contributed by atoms with Crippen molar-refractivity contribution in [2.24, 2.45) is 23.5 Å². The van der Waals surface area contributed by atoms with Crippen LogP contribution in [0.5, 0.6) is 0 Å².